The maximum atomic E-state index is 11.8. The highest BCUT2D eigenvalue weighted by atomic mass is 16.5. The summed E-state index contributed by atoms with van der Waals surface area (Å²) in [6.07, 6.45) is 1.31. The molecule has 1 aromatic heterocycles. The van der Waals surface area contributed by atoms with Crippen LogP contribution >= 0.6 is 0 Å². The number of benzene rings is 1. The molecule has 22 heavy (non-hydrogen) atoms. The SMILES string of the molecule is COc1ccccc1NC(=O)C(=O)N/N=C\c1ccc(C)o1. The van der Waals surface area contributed by atoms with Gasteiger partial charge in [0.05, 0.1) is 19.0 Å². The fraction of sp³-hybridized carbons (Fsp3) is 0.133. The maximum absolute atomic E-state index is 11.8. The predicted octanol–water partition coefficient (Wildman–Crippen LogP) is 1.69. The van der Waals surface area contributed by atoms with Crippen LogP contribution in [0.3, 0.4) is 0 Å². The fourth-order valence-corrected chi connectivity index (χ4v) is 1.66. The first kappa shape index (κ1) is 15.3. The summed E-state index contributed by atoms with van der Waals surface area (Å²) in [6, 6.07) is 10.2. The average Bonchev–Trinajstić information content (AvgIpc) is 2.93. The number of hydrogen-bond donors (Lipinski definition) is 2. The van der Waals surface area contributed by atoms with Crippen molar-refractivity contribution in [1.82, 2.24) is 5.43 Å². The first-order valence-electron chi connectivity index (χ1n) is 6.44. The van der Waals surface area contributed by atoms with Gasteiger partial charge in [-0.05, 0) is 31.2 Å². The van der Waals surface area contributed by atoms with E-state index in [2.05, 4.69) is 15.8 Å². The highest BCUT2D eigenvalue weighted by Gasteiger charge is 2.14. The van der Waals surface area contributed by atoms with Crippen LogP contribution in [-0.4, -0.2) is 25.1 Å². The van der Waals surface area contributed by atoms with E-state index >= 15 is 0 Å². The summed E-state index contributed by atoms with van der Waals surface area (Å²) in [4.78, 5) is 23.4. The number of aryl methyl sites for hydroxylation is 1. The third kappa shape index (κ3) is 3.95. The Morgan fingerprint density at radius 3 is 2.64 bits per heavy atom. The Morgan fingerprint density at radius 1 is 1.18 bits per heavy atom. The van der Waals surface area contributed by atoms with Crippen molar-refractivity contribution >= 4 is 23.7 Å². The largest absolute Gasteiger partial charge is 0.495 e. The number of anilines is 1. The number of nitrogens with one attached hydrogen (secondary N) is 2. The van der Waals surface area contributed by atoms with Gasteiger partial charge < -0.3 is 14.5 Å². The zero-order chi connectivity index (χ0) is 15.9. The smallest absolute Gasteiger partial charge is 0.329 e. The molecule has 0 atom stereocenters. The number of carbonyl (C=O) groups excluding carboxylic acids is 2. The Kier molecular flexibility index (Phi) is 4.92. The van der Waals surface area contributed by atoms with Crippen molar-refractivity contribution in [3.8, 4) is 5.75 Å². The third-order valence-corrected chi connectivity index (χ3v) is 2.68. The molecule has 114 valence electrons. The Hall–Kier alpha value is -3.09. The Morgan fingerprint density at radius 2 is 1.95 bits per heavy atom. The van der Waals surface area contributed by atoms with Crippen LogP contribution < -0.4 is 15.5 Å². The number of ether oxygens (including phenoxy) is 1. The molecule has 2 N–H and O–H groups in total. The average molecular weight is 301 g/mol. The predicted molar refractivity (Wildman–Crippen MR) is 80.8 cm³/mol. The molecule has 0 aliphatic carbocycles. The molecule has 1 aromatic carbocycles. The molecule has 0 unspecified atom stereocenters. The fourth-order valence-electron chi connectivity index (χ4n) is 1.66. The summed E-state index contributed by atoms with van der Waals surface area (Å²) in [5, 5.41) is 6.09. The number of amides is 2. The summed E-state index contributed by atoms with van der Waals surface area (Å²) in [7, 11) is 1.47. The second kappa shape index (κ2) is 7.07. The second-order valence-corrected chi connectivity index (χ2v) is 4.30. The Labute approximate surface area is 127 Å². The molecule has 2 aromatic rings. The van der Waals surface area contributed by atoms with E-state index in [-0.39, 0.29) is 0 Å². The number of para-hydroxylation sites is 2. The van der Waals surface area contributed by atoms with Gasteiger partial charge in [-0.1, -0.05) is 12.1 Å². The van der Waals surface area contributed by atoms with E-state index < -0.39 is 11.8 Å². The molecule has 1 heterocycles. The van der Waals surface area contributed by atoms with Gasteiger partial charge in [-0.25, -0.2) is 5.43 Å². The van der Waals surface area contributed by atoms with Crippen LogP contribution in [0.5, 0.6) is 5.75 Å². The Bertz CT molecular complexity index is 706. The molecule has 2 amide bonds. The van der Waals surface area contributed by atoms with E-state index in [1.807, 2.05) is 0 Å². The summed E-state index contributed by atoms with van der Waals surface area (Å²) < 4.78 is 10.3. The van der Waals surface area contributed by atoms with Crippen molar-refractivity contribution in [3.63, 3.8) is 0 Å². The summed E-state index contributed by atoms with van der Waals surface area (Å²) >= 11 is 0. The molecule has 7 heteroatoms. The van der Waals surface area contributed by atoms with Crippen LogP contribution in [0.2, 0.25) is 0 Å². The van der Waals surface area contributed by atoms with Crippen LogP contribution in [0, 0.1) is 6.92 Å². The van der Waals surface area contributed by atoms with Gasteiger partial charge >= 0.3 is 11.8 Å². The molecule has 0 bridgehead atoms. The van der Waals surface area contributed by atoms with Crippen LogP contribution in [0.15, 0.2) is 45.9 Å². The summed E-state index contributed by atoms with van der Waals surface area (Å²) in [6.45, 7) is 1.79. The topological polar surface area (TPSA) is 92.9 Å². The molecular formula is C15H15N3O4. The van der Waals surface area contributed by atoms with E-state index in [4.69, 9.17) is 9.15 Å². The molecule has 0 spiro atoms. The van der Waals surface area contributed by atoms with Crippen LogP contribution in [-0.2, 0) is 9.59 Å². The highest BCUT2D eigenvalue weighted by Crippen LogP contribution is 2.22. The number of rotatable bonds is 4. The van der Waals surface area contributed by atoms with E-state index in [9.17, 15) is 9.59 Å². The Balaban J connectivity index is 1.92. The maximum Gasteiger partial charge on any atom is 0.329 e. The molecule has 2 rings (SSSR count). The van der Waals surface area contributed by atoms with Crippen molar-refractivity contribution in [2.75, 3.05) is 12.4 Å². The highest BCUT2D eigenvalue weighted by molar-refractivity contribution is 6.39. The van der Waals surface area contributed by atoms with Gasteiger partial charge in [0.15, 0.2) is 0 Å². The number of furan rings is 1. The lowest BCUT2D eigenvalue weighted by atomic mass is 10.3. The van der Waals surface area contributed by atoms with Gasteiger partial charge in [0.2, 0.25) is 0 Å². The first-order chi connectivity index (χ1) is 10.6. The standard InChI is InChI=1S/C15H15N3O4/c1-10-7-8-11(22-10)9-16-18-15(20)14(19)17-12-5-3-4-6-13(12)21-2/h3-9H,1-2H3,(H,17,19)(H,18,20)/b16-9-. The lowest BCUT2D eigenvalue weighted by Crippen LogP contribution is -2.32. The molecule has 0 aliphatic rings. The van der Waals surface area contributed by atoms with Gasteiger partial charge in [0, 0.05) is 0 Å². The summed E-state index contributed by atoms with van der Waals surface area (Å²) in [5.41, 5.74) is 2.51. The second-order valence-electron chi connectivity index (χ2n) is 4.30. The minimum atomic E-state index is -0.898. The van der Waals surface area contributed by atoms with E-state index in [0.717, 1.165) is 5.76 Å². The van der Waals surface area contributed by atoms with Gasteiger partial charge in [-0.2, -0.15) is 5.10 Å². The molecule has 0 fully saturated rings. The lowest BCUT2D eigenvalue weighted by molar-refractivity contribution is -0.136. The number of hydrogen-bond acceptors (Lipinski definition) is 5. The molecule has 0 aliphatic heterocycles. The van der Waals surface area contributed by atoms with Crippen molar-refractivity contribution in [1.29, 1.82) is 0 Å². The van der Waals surface area contributed by atoms with Crippen molar-refractivity contribution in [2.45, 2.75) is 6.92 Å². The number of methoxy groups -OCH3 is 1. The molecule has 0 saturated heterocycles. The van der Waals surface area contributed by atoms with Gasteiger partial charge in [-0.3, -0.25) is 9.59 Å². The minimum Gasteiger partial charge on any atom is -0.495 e. The normalized spacial score (nSPS) is 10.5. The van der Waals surface area contributed by atoms with Gasteiger partial charge in [0.25, 0.3) is 0 Å². The molecule has 0 radical (unpaired) electrons. The molecule has 0 saturated carbocycles. The quantitative estimate of drug-likeness (QED) is 0.510. The van der Waals surface area contributed by atoms with Gasteiger partial charge in [0.1, 0.15) is 17.3 Å². The van der Waals surface area contributed by atoms with Crippen molar-refractivity contribution < 1.29 is 18.7 Å². The zero-order valence-electron chi connectivity index (χ0n) is 12.1. The van der Waals surface area contributed by atoms with Crippen LogP contribution in [0.25, 0.3) is 0 Å². The van der Waals surface area contributed by atoms with Crippen LogP contribution in [0.4, 0.5) is 5.69 Å². The van der Waals surface area contributed by atoms with E-state index in [1.54, 1.807) is 43.3 Å². The van der Waals surface area contributed by atoms with Gasteiger partial charge in [-0.15, -0.1) is 0 Å². The minimum absolute atomic E-state index is 0.399. The number of carbonyl (C=O) groups is 2. The summed E-state index contributed by atoms with van der Waals surface area (Å²) in [5.74, 6) is -0.0921. The number of hydrazone groups is 1. The zero-order valence-corrected chi connectivity index (χ0v) is 12.1. The monoisotopic (exact) mass is 301 g/mol. The molecular weight excluding hydrogens is 286 g/mol. The molecule has 7 nitrogen and oxygen atoms in total. The van der Waals surface area contributed by atoms with Crippen LogP contribution in [0.1, 0.15) is 11.5 Å². The van der Waals surface area contributed by atoms with E-state index in [0.29, 0.717) is 17.2 Å². The lowest BCUT2D eigenvalue weighted by Gasteiger charge is -2.08. The van der Waals surface area contributed by atoms with Crippen molar-refractivity contribution in [2.24, 2.45) is 5.10 Å². The third-order valence-electron chi connectivity index (χ3n) is 2.68. The van der Waals surface area contributed by atoms with E-state index in [1.165, 1.54) is 13.3 Å². The number of nitrogens with zero attached hydrogens (tertiary/aromatic N) is 1. The van der Waals surface area contributed by atoms with Crippen molar-refractivity contribution in [3.05, 3.63) is 47.9 Å². The first-order valence-corrected chi connectivity index (χ1v) is 6.44.